The Bertz CT molecular complexity index is 713. The molecule has 3 rings (SSSR count). The van der Waals surface area contributed by atoms with E-state index in [1.54, 1.807) is 18.9 Å². The Hall–Kier alpha value is -2.27. The lowest BCUT2D eigenvalue weighted by molar-refractivity contribution is 0.414. The Labute approximate surface area is 127 Å². The molecule has 0 N–H and O–H groups in total. The summed E-state index contributed by atoms with van der Waals surface area (Å²) in [5.41, 5.74) is 0.859. The molecule has 2 aromatic carbocycles. The summed E-state index contributed by atoms with van der Waals surface area (Å²) in [6.07, 6.45) is 0. The molecule has 1 heterocycles. The second-order valence-electron chi connectivity index (χ2n) is 4.33. The fraction of sp³-hybridized carbons (Fsp3) is 0.125. The van der Waals surface area contributed by atoms with E-state index in [0.717, 1.165) is 11.3 Å². The van der Waals surface area contributed by atoms with Crippen molar-refractivity contribution in [2.75, 3.05) is 7.11 Å². The molecule has 5 heteroatoms. The van der Waals surface area contributed by atoms with Gasteiger partial charge in [-0.15, -0.1) is 22.0 Å². The Morgan fingerprint density at radius 3 is 2.71 bits per heavy atom. The van der Waals surface area contributed by atoms with Crippen molar-refractivity contribution in [3.8, 4) is 17.2 Å². The molecule has 0 amide bonds. The van der Waals surface area contributed by atoms with Crippen molar-refractivity contribution in [2.45, 2.75) is 10.6 Å². The van der Waals surface area contributed by atoms with Gasteiger partial charge in [-0.1, -0.05) is 24.3 Å². The van der Waals surface area contributed by atoms with Crippen LogP contribution < -0.4 is 4.74 Å². The summed E-state index contributed by atoms with van der Waals surface area (Å²) in [4.78, 5) is 1.18. The first kappa shape index (κ1) is 13.7. The number of rotatable bonds is 5. The van der Waals surface area contributed by atoms with Gasteiger partial charge in [0.15, 0.2) is 0 Å². The summed E-state index contributed by atoms with van der Waals surface area (Å²) in [5, 5.41) is 8.17. The van der Waals surface area contributed by atoms with Crippen molar-refractivity contribution in [1.29, 1.82) is 0 Å². The van der Waals surface area contributed by atoms with Crippen LogP contribution in [0.5, 0.6) is 5.75 Å². The highest BCUT2D eigenvalue weighted by Crippen LogP contribution is 2.25. The Kier molecular flexibility index (Phi) is 4.21. The normalized spacial score (nSPS) is 10.5. The molecule has 3 aromatic rings. The quantitative estimate of drug-likeness (QED) is 0.665. The first-order valence-electron chi connectivity index (χ1n) is 6.50. The molecule has 21 heavy (non-hydrogen) atoms. The Morgan fingerprint density at radius 2 is 1.90 bits per heavy atom. The minimum atomic E-state index is 0.512. The number of benzene rings is 2. The van der Waals surface area contributed by atoms with Crippen molar-refractivity contribution >= 4 is 11.8 Å². The zero-order valence-electron chi connectivity index (χ0n) is 11.5. The van der Waals surface area contributed by atoms with E-state index in [-0.39, 0.29) is 0 Å². The standard InChI is InChI=1S/C16H14N2O2S/c1-19-13-7-5-6-12(10-13)16-18-17-15(20-16)11-21-14-8-3-2-4-9-14/h2-10H,11H2,1H3. The van der Waals surface area contributed by atoms with Gasteiger partial charge in [-0.05, 0) is 30.3 Å². The van der Waals surface area contributed by atoms with Crippen molar-refractivity contribution < 1.29 is 9.15 Å². The summed E-state index contributed by atoms with van der Waals surface area (Å²) in [6, 6.07) is 17.7. The predicted molar refractivity (Wildman–Crippen MR) is 82.3 cm³/mol. The number of thioether (sulfide) groups is 1. The van der Waals surface area contributed by atoms with Crippen LogP contribution in [-0.4, -0.2) is 17.3 Å². The molecule has 1 aromatic heterocycles. The van der Waals surface area contributed by atoms with E-state index in [2.05, 4.69) is 22.3 Å². The zero-order chi connectivity index (χ0) is 14.5. The van der Waals surface area contributed by atoms with E-state index in [4.69, 9.17) is 9.15 Å². The van der Waals surface area contributed by atoms with E-state index < -0.39 is 0 Å². The topological polar surface area (TPSA) is 48.2 Å². The molecule has 106 valence electrons. The summed E-state index contributed by atoms with van der Waals surface area (Å²) >= 11 is 1.67. The second kappa shape index (κ2) is 6.45. The molecule has 0 aliphatic heterocycles. The van der Waals surface area contributed by atoms with E-state index in [0.29, 0.717) is 17.5 Å². The molecule has 0 aliphatic carbocycles. The van der Waals surface area contributed by atoms with Gasteiger partial charge in [0.1, 0.15) is 5.75 Å². The van der Waals surface area contributed by atoms with Gasteiger partial charge in [-0.25, -0.2) is 0 Å². The minimum absolute atomic E-state index is 0.512. The third kappa shape index (κ3) is 3.44. The number of aromatic nitrogens is 2. The highest BCUT2D eigenvalue weighted by Gasteiger charge is 2.09. The predicted octanol–water partition coefficient (Wildman–Crippen LogP) is 4.04. The van der Waals surface area contributed by atoms with Crippen molar-refractivity contribution in [2.24, 2.45) is 0 Å². The third-order valence-electron chi connectivity index (χ3n) is 2.89. The summed E-state index contributed by atoms with van der Waals surface area (Å²) in [6.45, 7) is 0. The van der Waals surface area contributed by atoms with Crippen LogP contribution in [0, 0.1) is 0 Å². The highest BCUT2D eigenvalue weighted by molar-refractivity contribution is 7.98. The van der Waals surface area contributed by atoms with E-state index in [1.807, 2.05) is 42.5 Å². The second-order valence-corrected chi connectivity index (χ2v) is 5.38. The van der Waals surface area contributed by atoms with Gasteiger partial charge in [0, 0.05) is 10.5 Å². The van der Waals surface area contributed by atoms with Crippen LogP contribution in [0.3, 0.4) is 0 Å². The third-order valence-corrected chi connectivity index (χ3v) is 3.89. The van der Waals surface area contributed by atoms with Crippen LogP contribution >= 0.6 is 11.8 Å². The fourth-order valence-electron chi connectivity index (χ4n) is 1.85. The smallest absolute Gasteiger partial charge is 0.247 e. The number of hydrogen-bond donors (Lipinski definition) is 0. The van der Waals surface area contributed by atoms with Gasteiger partial charge < -0.3 is 9.15 Å². The van der Waals surface area contributed by atoms with Crippen LogP contribution in [0.25, 0.3) is 11.5 Å². The maximum absolute atomic E-state index is 5.69. The van der Waals surface area contributed by atoms with E-state index >= 15 is 0 Å². The zero-order valence-corrected chi connectivity index (χ0v) is 12.3. The van der Waals surface area contributed by atoms with E-state index in [1.165, 1.54) is 4.90 Å². The van der Waals surface area contributed by atoms with Gasteiger partial charge in [0.2, 0.25) is 11.8 Å². The minimum Gasteiger partial charge on any atom is -0.497 e. The maximum Gasteiger partial charge on any atom is 0.247 e. The monoisotopic (exact) mass is 298 g/mol. The van der Waals surface area contributed by atoms with E-state index in [9.17, 15) is 0 Å². The molecule has 0 unspecified atom stereocenters. The molecule has 0 radical (unpaired) electrons. The largest absolute Gasteiger partial charge is 0.497 e. The molecule has 0 bridgehead atoms. The van der Waals surface area contributed by atoms with Crippen LogP contribution in [0.15, 0.2) is 63.9 Å². The Balaban J connectivity index is 1.71. The van der Waals surface area contributed by atoms with Crippen LogP contribution in [0.4, 0.5) is 0 Å². The molecule has 0 saturated carbocycles. The lowest BCUT2D eigenvalue weighted by Gasteiger charge is -2.00. The molecule has 0 spiro atoms. The highest BCUT2D eigenvalue weighted by atomic mass is 32.2. The average molecular weight is 298 g/mol. The fourth-order valence-corrected chi connectivity index (χ4v) is 2.60. The number of methoxy groups -OCH3 is 1. The summed E-state index contributed by atoms with van der Waals surface area (Å²) in [5.74, 6) is 2.55. The van der Waals surface area contributed by atoms with Crippen molar-refractivity contribution in [3.05, 3.63) is 60.5 Å². The first-order chi connectivity index (χ1) is 10.3. The molecule has 0 aliphatic rings. The van der Waals surface area contributed by atoms with Crippen LogP contribution in [0.2, 0.25) is 0 Å². The van der Waals surface area contributed by atoms with Gasteiger partial charge >= 0.3 is 0 Å². The first-order valence-corrected chi connectivity index (χ1v) is 7.48. The lowest BCUT2D eigenvalue weighted by Crippen LogP contribution is -1.83. The van der Waals surface area contributed by atoms with Gasteiger partial charge in [0.05, 0.1) is 12.9 Å². The number of hydrogen-bond acceptors (Lipinski definition) is 5. The summed E-state index contributed by atoms with van der Waals surface area (Å²) in [7, 11) is 1.63. The molecule has 0 atom stereocenters. The van der Waals surface area contributed by atoms with Crippen LogP contribution in [0.1, 0.15) is 5.89 Å². The lowest BCUT2D eigenvalue weighted by atomic mass is 10.2. The average Bonchev–Trinajstić information content (AvgIpc) is 3.03. The SMILES string of the molecule is COc1cccc(-c2nnc(CSc3ccccc3)o2)c1. The number of nitrogens with zero attached hydrogens (tertiary/aromatic N) is 2. The van der Waals surface area contributed by atoms with Crippen molar-refractivity contribution in [1.82, 2.24) is 10.2 Å². The van der Waals surface area contributed by atoms with Crippen molar-refractivity contribution in [3.63, 3.8) is 0 Å². The molecular formula is C16H14N2O2S. The van der Waals surface area contributed by atoms with Gasteiger partial charge in [0.25, 0.3) is 0 Å². The molecule has 4 nitrogen and oxygen atoms in total. The van der Waals surface area contributed by atoms with Gasteiger partial charge in [-0.3, -0.25) is 0 Å². The Morgan fingerprint density at radius 1 is 1.05 bits per heavy atom. The maximum atomic E-state index is 5.69. The number of ether oxygens (including phenoxy) is 1. The molecule has 0 saturated heterocycles. The van der Waals surface area contributed by atoms with Crippen LogP contribution in [-0.2, 0) is 5.75 Å². The molecule has 0 fully saturated rings. The molecular weight excluding hydrogens is 284 g/mol. The van der Waals surface area contributed by atoms with Gasteiger partial charge in [-0.2, -0.15) is 0 Å². The summed E-state index contributed by atoms with van der Waals surface area (Å²) < 4.78 is 10.9.